The zero-order valence-electron chi connectivity index (χ0n) is 11.7. The molecule has 2 atom stereocenters. The summed E-state index contributed by atoms with van der Waals surface area (Å²) in [4.78, 5) is 2.24. The highest BCUT2D eigenvalue weighted by atomic mass is 19.1. The summed E-state index contributed by atoms with van der Waals surface area (Å²) in [7, 11) is 1.95. The van der Waals surface area contributed by atoms with Gasteiger partial charge in [0.2, 0.25) is 0 Å². The monoisotopic (exact) mass is 266 g/mol. The number of nitrogens with zero attached hydrogens (tertiary/aromatic N) is 1. The smallest absolute Gasteiger partial charge is 0.123 e. The van der Waals surface area contributed by atoms with E-state index in [1.165, 1.54) is 12.1 Å². The van der Waals surface area contributed by atoms with E-state index in [0.717, 1.165) is 38.2 Å². The molecule has 1 aliphatic rings. The minimum atomic E-state index is -0.189. The van der Waals surface area contributed by atoms with Crippen LogP contribution in [0.1, 0.15) is 19.8 Å². The van der Waals surface area contributed by atoms with E-state index in [1.807, 2.05) is 19.2 Å². The molecule has 4 heteroatoms. The average molecular weight is 266 g/mol. The summed E-state index contributed by atoms with van der Waals surface area (Å²) in [5.41, 5.74) is 1.06. The van der Waals surface area contributed by atoms with Crippen LogP contribution in [-0.4, -0.2) is 38.9 Å². The molecule has 2 unspecified atom stereocenters. The van der Waals surface area contributed by atoms with Crippen LogP contribution in [-0.2, 0) is 4.74 Å². The highest BCUT2D eigenvalue weighted by Crippen LogP contribution is 2.22. The maximum absolute atomic E-state index is 12.9. The third-order valence-electron chi connectivity index (χ3n) is 3.62. The SMILES string of the molecule is CCN(CC1CCC(CNC)O1)c1ccc(F)cc1. The third kappa shape index (κ3) is 3.91. The number of likely N-dealkylation sites (N-methyl/N-ethyl adjacent to an activating group) is 2. The van der Waals surface area contributed by atoms with E-state index in [-0.39, 0.29) is 11.9 Å². The summed E-state index contributed by atoms with van der Waals surface area (Å²) in [5, 5.41) is 3.16. The zero-order chi connectivity index (χ0) is 13.7. The number of hydrogen-bond acceptors (Lipinski definition) is 3. The van der Waals surface area contributed by atoms with Gasteiger partial charge < -0.3 is 15.0 Å². The Kier molecular flexibility index (Phi) is 5.16. The van der Waals surface area contributed by atoms with Crippen LogP contribution < -0.4 is 10.2 Å². The van der Waals surface area contributed by atoms with Gasteiger partial charge in [-0.3, -0.25) is 0 Å². The van der Waals surface area contributed by atoms with Crippen LogP contribution in [0.3, 0.4) is 0 Å². The van der Waals surface area contributed by atoms with Crippen LogP contribution in [0.5, 0.6) is 0 Å². The Hall–Kier alpha value is -1.13. The molecule has 1 saturated heterocycles. The van der Waals surface area contributed by atoms with E-state index in [4.69, 9.17) is 4.74 Å². The number of rotatable bonds is 6. The minimum Gasteiger partial charge on any atom is -0.372 e. The Balaban J connectivity index is 1.91. The molecule has 1 aromatic rings. The summed E-state index contributed by atoms with van der Waals surface area (Å²) in [6, 6.07) is 6.69. The number of benzene rings is 1. The first-order valence-electron chi connectivity index (χ1n) is 7.03. The van der Waals surface area contributed by atoms with Crippen LogP contribution in [0.15, 0.2) is 24.3 Å². The van der Waals surface area contributed by atoms with Crippen molar-refractivity contribution in [2.75, 3.05) is 31.6 Å². The van der Waals surface area contributed by atoms with Gasteiger partial charge in [0.1, 0.15) is 5.82 Å². The largest absolute Gasteiger partial charge is 0.372 e. The molecule has 0 aliphatic carbocycles. The van der Waals surface area contributed by atoms with Crippen molar-refractivity contribution >= 4 is 5.69 Å². The van der Waals surface area contributed by atoms with Crippen molar-refractivity contribution in [3.63, 3.8) is 0 Å². The van der Waals surface area contributed by atoms with Crippen molar-refractivity contribution in [1.82, 2.24) is 5.32 Å². The second-order valence-electron chi connectivity index (χ2n) is 5.03. The Labute approximate surface area is 114 Å². The Morgan fingerprint density at radius 1 is 1.26 bits per heavy atom. The third-order valence-corrected chi connectivity index (χ3v) is 3.62. The molecule has 0 bridgehead atoms. The van der Waals surface area contributed by atoms with Crippen molar-refractivity contribution < 1.29 is 9.13 Å². The summed E-state index contributed by atoms with van der Waals surface area (Å²) < 4.78 is 18.9. The normalized spacial score (nSPS) is 22.7. The second kappa shape index (κ2) is 6.87. The van der Waals surface area contributed by atoms with Crippen LogP contribution >= 0.6 is 0 Å². The van der Waals surface area contributed by atoms with Gasteiger partial charge in [0.05, 0.1) is 12.2 Å². The molecule has 1 heterocycles. The topological polar surface area (TPSA) is 24.5 Å². The van der Waals surface area contributed by atoms with Crippen molar-refractivity contribution in [2.24, 2.45) is 0 Å². The molecule has 0 amide bonds. The fraction of sp³-hybridized carbons (Fsp3) is 0.600. The number of halogens is 1. The van der Waals surface area contributed by atoms with Gasteiger partial charge in [0.25, 0.3) is 0 Å². The molecular formula is C15H23FN2O. The van der Waals surface area contributed by atoms with Gasteiger partial charge in [0.15, 0.2) is 0 Å². The van der Waals surface area contributed by atoms with Crippen molar-refractivity contribution in [3.8, 4) is 0 Å². The van der Waals surface area contributed by atoms with E-state index in [1.54, 1.807) is 0 Å². The first-order valence-corrected chi connectivity index (χ1v) is 7.03. The van der Waals surface area contributed by atoms with E-state index >= 15 is 0 Å². The van der Waals surface area contributed by atoms with Crippen LogP contribution in [0.25, 0.3) is 0 Å². The Morgan fingerprint density at radius 3 is 2.58 bits per heavy atom. The second-order valence-corrected chi connectivity index (χ2v) is 5.03. The lowest BCUT2D eigenvalue weighted by atomic mass is 10.1. The summed E-state index contributed by atoms with van der Waals surface area (Å²) in [5.74, 6) is -0.189. The van der Waals surface area contributed by atoms with Crippen molar-refractivity contribution in [3.05, 3.63) is 30.1 Å². The van der Waals surface area contributed by atoms with E-state index in [0.29, 0.717) is 6.10 Å². The van der Waals surface area contributed by atoms with E-state index < -0.39 is 0 Å². The number of ether oxygens (including phenoxy) is 1. The van der Waals surface area contributed by atoms with E-state index in [2.05, 4.69) is 17.1 Å². The maximum Gasteiger partial charge on any atom is 0.123 e. The van der Waals surface area contributed by atoms with Gasteiger partial charge in [-0.15, -0.1) is 0 Å². The molecule has 1 fully saturated rings. The molecule has 2 rings (SSSR count). The van der Waals surface area contributed by atoms with E-state index in [9.17, 15) is 4.39 Å². The lowest BCUT2D eigenvalue weighted by Gasteiger charge is -2.26. The van der Waals surface area contributed by atoms with Gasteiger partial charge in [0, 0.05) is 25.3 Å². The van der Waals surface area contributed by atoms with Crippen molar-refractivity contribution in [1.29, 1.82) is 0 Å². The lowest BCUT2D eigenvalue weighted by molar-refractivity contribution is 0.0506. The standard InChI is InChI=1S/C15H23FN2O/c1-3-18(13-6-4-12(16)5-7-13)11-15-9-8-14(19-15)10-17-2/h4-7,14-15,17H,3,8-11H2,1-2H3. The first-order chi connectivity index (χ1) is 9.22. The predicted molar refractivity (Wildman–Crippen MR) is 76.1 cm³/mol. The number of nitrogens with one attached hydrogen (secondary N) is 1. The molecule has 0 spiro atoms. The molecule has 0 saturated carbocycles. The van der Waals surface area contributed by atoms with Crippen LogP contribution in [0, 0.1) is 5.82 Å². The molecule has 19 heavy (non-hydrogen) atoms. The van der Waals surface area contributed by atoms with Gasteiger partial charge in [-0.05, 0) is 51.1 Å². The van der Waals surface area contributed by atoms with Gasteiger partial charge in [-0.2, -0.15) is 0 Å². The highest BCUT2D eigenvalue weighted by Gasteiger charge is 2.26. The average Bonchev–Trinajstić information content (AvgIpc) is 2.85. The molecule has 0 radical (unpaired) electrons. The molecule has 106 valence electrons. The molecule has 3 nitrogen and oxygen atoms in total. The molecular weight excluding hydrogens is 243 g/mol. The van der Waals surface area contributed by atoms with Crippen LogP contribution in [0.4, 0.5) is 10.1 Å². The predicted octanol–water partition coefficient (Wildman–Crippen LogP) is 2.42. The zero-order valence-corrected chi connectivity index (χ0v) is 11.7. The first kappa shape index (κ1) is 14.3. The fourth-order valence-electron chi connectivity index (χ4n) is 2.61. The minimum absolute atomic E-state index is 0.189. The van der Waals surface area contributed by atoms with Gasteiger partial charge in [-0.1, -0.05) is 0 Å². The fourth-order valence-corrected chi connectivity index (χ4v) is 2.61. The quantitative estimate of drug-likeness (QED) is 0.856. The number of anilines is 1. The molecule has 0 aromatic heterocycles. The lowest BCUT2D eigenvalue weighted by Crippen LogP contribution is -2.33. The van der Waals surface area contributed by atoms with Gasteiger partial charge >= 0.3 is 0 Å². The molecule has 1 N–H and O–H groups in total. The number of hydrogen-bond donors (Lipinski definition) is 1. The summed E-state index contributed by atoms with van der Waals surface area (Å²) >= 11 is 0. The Bertz CT molecular complexity index is 382. The highest BCUT2D eigenvalue weighted by molar-refractivity contribution is 5.46. The van der Waals surface area contributed by atoms with Crippen molar-refractivity contribution in [2.45, 2.75) is 32.0 Å². The molecule has 1 aliphatic heterocycles. The summed E-state index contributed by atoms with van der Waals surface area (Å²) in [6.07, 6.45) is 2.83. The van der Waals surface area contributed by atoms with Gasteiger partial charge in [-0.25, -0.2) is 4.39 Å². The van der Waals surface area contributed by atoms with Crippen LogP contribution in [0.2, 0.25) is 0 Å². The maximum atomic E-state index is 12.9. The Morgan fingerprint density at radius 2 is 1.95 bits per heavy atom. The summed E-state index contributed by atoms with van der Waals surface area (Å²) in [6.45, 7) is 4.81. The molecule has 1 aromatic carbocycles.